The molecule has 0 spiro atoms. The Kier molecular flexibility index (Phi) is 3.78. The molecule has 2 heterocycles. The lowest BCUT2D eigenvalue weighted by Gasteiger charge is -1.98. The Morgan fingerprint density at radius 1 is 1.53 bits per heavy atom. The van der Waals surface area contributed by atoms with E-state index in [2.05, 4.69) is 15.5 Å². The first-order valence-corrected chi connectivity index (χ1v) is 7.66. The lowest BCUT2D eigenvalue weighted by Crippen LogP contribution is -2.16. The van der Waals surface area contributed by atoms with Crippen molar-refractivity contribution in [3.05, 3.63) is 11.7 Å². The van der Waals surface area contributed by atoms with Crippen LogP contribution in [0.3, 0.4) is 0 Å². The standard InChI is InChI=1S/C10H17N3O3S/c1-2-11-5-3-9-12-10(13-16-9)8-4-6-17(14,15)7-8/h8,11H,2-7H2,1H3. The second-order valence-corrected chi connectivity index (χ2v) is 6.48. The first kappa shape index (κ1) is 12.5. The van der Waals surface area contributed by atoms with Gasteiger partial charge < -0.3 is 9.84 Å². The molecule has 1 aromatic heterocycles. The van der Waals surface area contributed by atoms with Gasteiger partial charge in [-0.1, -0.05) is 12.1 Å². The van der Waals surface area contributed by atoms with Gasteiger partial charge in [0.2, 0.25) is 5.89 Å². The number of aromatic nitrogens is 2. The Bertz CT molecular complexity index is 469. The van der Waals surface area contributed by atoms with E-state index in [9.17, 15) is 8.42 Å². The van der Waals surface area contributed by atoms with Gasteiger partial charge in [-0.15, -0.1) is 0 Å². The van der Waals surface area contributed by atoms with Crippen LogP contribution in [0.5, 0.6) is 0 Å². The van der Waals surface area contributed by atoms with Crippen LogP contribution >= 0.6 is 0 Å². The summed E-state index contributed by atoms with van der Waals surface area (Å²) >= 11 is 0. The number of likely N-dealkylation sites (N-methyl/N-ethyl adjacent to an activating group) is 1. The lowest BCUT2D eigenvalue weighted by molar-refractivity contribution is 0.369. The summed E-state index contributed by atoms with van der Waals surface area (Å²) in [6.07, 6.45) is 1.29. The van der Waals surface area contributed by atoms with Crippen molar-refractivity contribution in [2.24, 2.45) is 0 Å². The van der Waals surface area contributed by atoms with Crippen LogP contribution in [0, 0.1) is 0 Å². The number of nitrogens with zero attached hydrogens (tertiary/aromatic N) is 2. The molecule has 0 aliphatic carbocycles. The van der Waals surface area contributed by atoms with Gasteiger partial charge in [0.15, 0.2) is 15.7 Å². The topological polar surface area (TPSA) is 85.1 Å². The largest absolute Gasteiger partial charge is 0.339 e. The first-order valence-electron chi connectivity index (χ1n) is 5.84. The molecule has 1 aliphatic rings. The van der Waals surface area contributed by atoms with Crippen molar-refractivity contribution in [2.75, 3.05) is 24.6 Å². The quantitative estimate of drug-likeness (QED) is 0.756. The third-order valence-corrected chi connectivity index (χ3v) is 4.61. The van der Waals surface area contributed by atoms with Crippen LogP contribution < -0.4 is 5.32 Å². The van der Waals surface area contributed by atoms with Gasteiger partial charge in [0.1, 0.15) is 0 Å². The fourth-order valence-electron chi connectivity index (χ4n) is 1.91. The van der Waals surface area contributed by atoms with Crippen molar-refractivity contribution in [1.82, 2.24) is 15.5 Å². The van der Waals surface area contributed by atoms with Crippen molar-refractivity contribution >= 4 is 9.84 Å². The summed E-state index contributed by atoms with van der Waals surface area (Å²) < 4.78 is 27.8. The van der Waals surface area contributed by atoms with Gasteiger partial charge in [0, 0.05) is 18.9 Å². The number of hydrogen-bond acceptors (Lipinski definition) is 6. The summed E-state index contributed by atoms with van der Waals surface area (Å²) in [6.45, 7) is 3.73. The van der Waals surface area contributed by atoms with Gasteiger partial charge in [-0.25, -0.2) is 8.42 Å². The Morgan fingerprint density at radius 3 is 3.00 bits per heavy atom. The molecule has 7 heteroatoms. The molecular weight excluding hydrogens is 242 g/mol. The number of rotatable bonds is 5. The highest BCUT2D eigenvalue weighted by atomic mass is 32.2. The van der Waals surface area contributed by atoms with Gasteiger partial charge in [-0.3, -0.25) is 0 Å². The van der Waals surface area contributed by atoms with E-state index in [-0.39, 0.29) is 17.4 Å². The third-order valence-electron chi connectivity index (χ3n) is 2.85. The molecule has 0 amide bonds. The van der Waals surface area contributed by atoms with E-state index in [0.29, 0.717) is 24.6 Å². The third kappa shape index (κ3) is 3.26. The van der Waals surface area contributed by atoms with Crippen LogP contribution in [0.2, 0.25) is 0 Å². The molecule has 1 fully saturated rings. The lowest BCUT2D eigenvalue weighted by atomic mass is 10.1. The highest BCUT2D eigenvalue weighted by Gasteiger charge is 2.32. The Labute approximate surface area is 101 Å². The Morgan fingerprint density at radius 2 is 2.35 bits per heavy atom. The Balaban J connectivity index is 1.94. The van der Waals surface area contributed by atoms with Gasteiger partial charge in [0.25, 0.3) is 0 Å². The van der Waals surface area contributed by atoms with Crippen LogP contribution in [-0.2, 0) is 16.3 Å². The van der Waals surface area contributed by atoms with E-state index >= 15 is 0 Å². The molecule has 6 nitrogen and oxygen atoms in total. The molecule has 1 atom stereocenters. The zero-order chi connectivity index (χ0) is 12.3. The minimum Gasteiger partial charge on any atom is -0.339 e. The molecule has 2 rings (SSSR count). The van der Waals surface area contributed by atoms with Crippen LogP contribution in [-0.4, -0.2) is 43.2 Å². The summed E-state index contributed by atoms with van der Waals surface area (Å²) in [5.41, 5.74) is 0. The van der Waals surface area contributed by atoms with Crippen molar-refractivity contribution in [2.45, 2.75) is 25.7 Å². The molecule has 1 aromatic rings. The fraction of sp³-hybridized carbons (Fsp3) is 0.800. The normalized spacial score (nSPS) is 23.0. The van der Waals surface area contributed by atoms with E-state index in [4.69, 9.17) is 4.52 Å². The summed E-state index contributed by atoms with van der Waals surface area (Å²) in [5, 5.41) is 7.03. The fourth-order valence-corrected chi connectivity index (χ4v) is 3.65. The van der Waals surface area contributed by atoms with Crippen LogP contribution in [0.1, 0.15) is 31.0 Å². The van der Waals surface area contributed by atoms with Gasteiger partial charge in [0.05, 0.1) is 11.5 Å². The zero-order valence-corrected chi connectivity index (χ0v) is 10.7. The molecule has 1 aliphatic heterocycles. The average molecular weight is 259 g/mol. The predicted molar refractivity (Wildman–Crippen MR) is 62.6 cm³/mol. The summed E-state index contributed by atoms with van der Waals surface area (Å²) in [4.78, 5) is 4.25. The molecule has 0 radical (unpaired) electrons. The SMILES string of the molecule is CCNCCc1nc(C2CCS(=O)(=O)C2)no1. The molecule has 96 valence electrons. The van der Waals surface area contributed by atoms with E-state index in [1.807, 2.05) is 6.92 Å². The van der Waals surface area contributed by atoms with Crippen LogP contribution in [0.4, 0.5) is 0 Å². The van der Waals surface area contributed by atoms with Gasteiger partial charge >= 0.3 is 0 Å². The average Bonchev–Trinajstić information content (AvgIpc) is 2.85. The summed E-state index contributed by atoms with van der Waals surface area (Å²) in [5.74, 6) is 1.41. The predicted octanol–water partition coefficient (Wildman–Crippen LogP) is 0.124. The maximum atomic E-state index is 11.3. The maximum absolute atomic E-state index is 11.3. The minimum atomic E-state index is -2.89. The van der Waals surface area contributed by atoms with E-state index in [1.165, 1.54) is 0 Å². The Hall–Kier alpha value is -0.950. The number of hydrogen-bond donors (Lipinski definition) is 1. The van der Waals surface area contributed by atoms with Crippen molar-refractivity contribution in [3.8, 4) is 0 Å². The monoisotopic (exact) mass is 259 g/mol. The molecule has 0 bridgehead atoms. The van der Waals surface area contributed by atoms with Gasteiger partial charge in [-0.2, -0.15) is 4.98 Å². The first-order chi connectivity index (χ1) is 8.11. The molecule has 17 heavy (non-hydrogen) atoms. The second-order valence-electron chi connectivity index (χ2n) is 4.25. The van der Waals surface area contributed by atoms with Crippen molar-refractivity contribution < 1.29 is 12.9 Å². The maximum Gasteiger partial charge on any atom is 0.227 e. The van der Waals surface area contributed by atoms with E-state index in [0.717, 1.165) is 13.1 Å². The van der Waals surface area contributed by atoms with Crippen molar-refractivity contribution in [3.63, 3.8) is 0 Å². The molecule has 1 unspecified atom stereocenters. The number of nitrogens with one attached hydrogen (secondary N) is 1. The highest BCUT2D eigenvalue weighted by Crippen LogP contribution is 2.26. The second kappa shape index (κ2) is 5.14. The van der Waals surface area contributed by atoms with E-state index in [1.54, 1.807) is 0 Å². The zero-order valence-electron chi connectivity index (χ0n) is 9.85. The minimum absolute atomic E-state index is 0.0864. The van der Waals surface area contributed by atoms with E-state index < -0.39 is 9.84 Å². The smallest absolute Gasteiger partial charge is 0.227 e. The molecule has 1 saturated heterocycles. The summed E-state index contributed by atoms with van der Waals surface area (Å²) in [6, 6.07) is 0. The van der Waals surface area contributed by atoms with Crippen LogP contribution in [0.25, 0.3) is 0 Å². The van der Waals surface area contributed by atoms with Crippen LogP contribution in [0.15, 0.2) is 4.52 Å². The molecule has 1 N–H and O–H groups in total. The molecular formula is C10H17N3O3S. The van der Waals surface area contributed by atoms with Gasteiger partial charge in [-0.05, 0) is 13.0 Å². The number of sulfone groups is 1. The molecule has 0 aromatic carbocycles. The molecule has 0 saturated carbocycles. The van der Waals surface area contributed by atoms with Crippen molar-refractivity contribution in [1.29, 1.82) is 0 Å². The summed E-state index contributed by atoms with van der Waals surface area (Å²) in [7, 11) is -2.89. The highest BCUT2D eigenvalue weighted by molar-refractivity contribution is 7.91.